The summed E-state index contributed by atoms with van der Waals surface area (Å²) < 4.78 is 1.87. The van der Waals surface area contributed by atoms with Crippen LogP contribution in [0.25, 0.3) is 0 Å². The fourth-order valence-corrected chi connectivity index (χ4v) is 1.32. The van der Waals surface area contributed by atoms with Crippen molar-refractivity contribution in [2.24, 2.45) is 7.05 Å². The minimum absolute atomic E-state index is 0.0111. The molecule has 0 radical (unpaired) electrons. The lowest BCUT2D eigenvalue weighted by atomic mass is 10.3. The minimum Gasteiger partial charge on any atom is -0.480 e. The molecule has 0 aliphatic heterocycles. The lowest BCUT2D eigenvalue weighted by Crippen LogP contribution is -2.30. The van der Waals surface area contributed by atoms with E-state index in [1.54, 1.807) is 23.5 Å². The predicted molar refractivity (Wildman–Crippen MR) is 56.3 cm³/mol. The number of hydrogen-bond donors (Lipinski definition) is 1. The first-order valence-electron chi connectivity index (χ1n) is 4.63. The summed E-state index contributed by atoms with van der Waals surface area (Å²) in [5.41, 5.74) is 0.984. The van der Waals surface area contributed by atoms with Gasteiger partial charge in [-0.05, 0) is 0 Å². The first-order valence-corrected chi connectivity index (χ1v) is 4.63. The maximum atomic E-state index is 10.6. The van der Waals surface area contributed by atoms with Crippen LogP contribution in [-0.2, 0) is 18.4 Å². The molecule has 82 valence electrons. The van der Waals surface area contributed by atoms with Crippen molar-refractivity contribution in [3.8, 4) is 0 Å². The Labute approximate surface area is 88.7 Å². The van der Waals surface area contributed by atoms with Gasteiger partial charge in [0.2, 0.25) is 0 Å². The maximum absolute atomic E-state index is 10.6. The van der Waals surface area contributed by atoms with Gasteiger partial charge in [0.1, 0.15) is 0 Å². The van der Waals surface area contributed by atoms with Crippen molar-refractivity contribution < 1.29 is 9.90 Å². The molecule has 0 atom stereocenters. The number of nitrogens with zero attached hydrogens (tertiary/aromatic N) is 3. The van der Waals surface area contributed by atoms with Crippen LogP contribution in [0.5, 0.6) is 0 Å². The molecule has 1 aromatic rings. The zero-order valence-corrected chi connectivity index (χ0v) is 8.76. The van der Waals surface area contributed by atoms with Crippen molar-refractivity contribution in [1.82, 2.24) is 14.5 Å². The van der Waals surface area contributed by atoms with Crippen molar-refractivity contribution in [1.29, 1.82) is 0 Å². The third kappa shape index (κ3) is 3.55. The van der Waals surface area contributed by atoms with E-state index in [0.717, 1.165) is 5.69 Å². The fourth-order valence-electron chi connectivity index (χ4n) is 1.32. The zero-order valence-electron chi connectivity index (χ0n) is 8.76. The van der Waals surface area contributed by atoms with Gasteiger partial charge >= 0.3 is 5.97 Å². The highest BCUT2D eigenvalue weighted by Gasteiger charge is 2.10. The number of rotatable bonds is 6. The van der Waals surface area contributed by atoms with E-state index in [-0.39, 0.29) is 6.54 Å². The Morgan fingerprint density at radius 3 is 3.00 bits per heavy atom. The summed E-state index contributed by atoms with van der Waals surface area (Å²) in [6.45, 7) is 4.73. The Morgan fingerprint density at radius 2 is 2.53 bits per heavy atom. The number of carbonyl (C=O) groups is 1. The monoisotopic (exact) mass is 209 g/mol. The van der Waals surface area contributed by atoms with E-state index in [9.17, 15) is 4.79 Å². The second-order valence-electron chi connectivity index (χ2n) is 3.35. The van der Waals surface area contributed by atoms with Crippen LogP contribution >= 0.6 is 0 Å². The second-order valence-corrected chi connectivity index (χ2v) is 3.35. The number of carboxylic acid groups (broad SMARTS) is 1. The minimum atomic E-state index is -0.834. The summed E-state index contributed by atoms with van der Waals surface area (Å²) in [6.07, 6.45) is 5.12. The highest BCUT2D eigenvalue weighted by Crippen LogP contribution is 2.02. The Bertz CT molecular complexity index is 346. The Hall–Kier alpha value is -1.62. The van der Waals surface area contributed by atoms with E-state index in [1.165, 1.54) is 0 Å². The molecule has 0 amide bonds. The summed E-state index contributed by atoms with van der Waals surface area (Å²) in [5, 5.41) is 8.71. The molecule has 0 aromatic carbocycles. The van der Waals surface area contributed by atoms with Gasteiger partial charge in [0.15, 0.2) is 0 Å². The topological polar surface area (TPSA) is 58.4 Å². The Kier molecular flexibility index (Phi) is 4.05. The van der Waals surface area contributed by atoms with E-state index in [1.807, 2.05) is 11.6 Å². The van der Waals surface area contributed by atoms with Crippen molar-refractivity contribution in [2.75, 3.05) is 13.1 Å². The van der Waals surface area contributed by atoms with Crippen molar-refractivity contribution >= 4 is 5.97 Å². The molecule has 0 fully saturated rings. The average Bonchev–Trinajstić information content (AvgIpc) is 2.51. The summed E-state index contributed by atoms with van der Waals surface area (Å²) >= 11 is 0. The van der Waals surface area contributed by atoms with E-state index in [4.69, 9.17) is 5.11 Å². The average molecular weight is 209 g/mol. The number of aryl methyl sites for hydroxylation is 1. The van der Waals surface area contributed by atoms with Crippen molar-refractivity contribution in [3.05, 3.63) is 30.9 Å². The van der Waals surface area contributed by atoms with Crippen LogP contribution in [0.15, 0.2) is 25.2 Å². The quantitative estimate of drug-likeness (QED) is 0.693. The third-order valence-corrected chi connectivity index (χ3v) is 2.05. The maximum Gasteiger partial charge on any atom is 0.317 e. The molecule has 0 aliphatic carbocycles. The largest absolute Gasteiger partial charge is 0.480 e. The molecule has 5 nitrogen and oxygen atoms in total. The van der Waals surface area contributed by atoms with Crippen LogP contribution in [0.2, 0.25) is 0 Å². The molecular weight excluding hydrogens is 194 g/mol. The van der Waals surface area contributed by atoms with E-state index in [2.05, 4.69) is 11.6 Å². The molecule has 5 heteroatoms. The van der Waals surface area contributed by atoms with Crippen LogP contribution in [0.3, 0.4) is 0 Å². The molecule has 1 rings (SSSR count). The molecule has 1 N–H and O–H groups in total. The first kappa shape index (κ1) is 11.5. The first-order chi connectivity index (χ1) is 7.13. The lowest BCUT2D eigenvalue weighted by Gasteiger charge is -2.17. The van der Waals surface area contributed by atoms with Gasteiger partial charge in [0.25, 0.3) is 0 Å². The molecule has 1 heterocycles. The third-order valence-electron chi connectivity index (χ3n) is 2.05. The molecule has 0 spiro atoms. The van der Waals surface area contributed by atoms with Gasteiger partial charge in [-0.2, -0.15) is 0 Å². The number of hydrogen-bond acceptors (Lipinski definition) is 3. The number of imidazole rings is 1. The van der Waals surface area contributed by atoms with Gasteiger partial charge in [-0.3, -0.25) is 9.69 Å². The van der Waals surface area contributed by atoms with Crippen molar-refractivity contribution in [2.45, 2.75) is 6.54 Å². The summed E-state index contributed by atoms with van der Waals surface area (Å²) in [6, 6.07) is 0. The smallest absolute Gasteiger partial charge is 0.317 e. The Balaban J connectivity index is 2.61. The van der Waals surface area contributed by atoms with Gasteiger partial charge in [-0.25, -0.2) is 4.98 Å². The van der Waals surface area contributed by atoms with Crippen LogP contribution in [0.1, 0.15) is 5.69 Å². The van der Waals surface area contributed by atoms with Crippen LogP contribution < -0.4 is 0 Å². The molecule has 15 heavy (non-hydrogen) atoms. The van der Waals surface area contributed by atoms with E-state index >= 15 is 0 Å². The van der Waals surface area contributed by atoms with Crippen LogP contribution in [-0.4, -0.2) is 38.6 Å². The van der Waals surface area contributed by atoms with Gasteiger partial charge in [-0.1, -0.05) is 6.08 Å². The summed E-state index contributed by atoms with van der Waals surface area (Å²) in [5.74, 6) is -0.834. The number of aliphatic carboxylic acids is 1. The summed E-state index contributed by atoms with van der Waals surface area (Å²) in [7, 11) is 1.88. The highest BCUT2D eigenvalue weighted by molar-refractivity contribution is 5.69. The zero-order chi connectivity index (χ0) is 11.3. The number of aromatic nitrogens is 2. The molecule has 0 aliphatic rings. The summed E-state index contributed by atoms with van der Waals surface area (Å²) in [4.78, 5) is 16.4. The molecule has 0 bridgehead atoms. The van der Waals surface area contributed by atoms with Crippen LogP contribution in [0.4, 0.5) is 0 Å². The number of carboxylic acids is 1. The molecule has 1 aromatic heterocycles. The second kappa shape index (κ2) is 5.31. The van der Waals surface area contributed by atoms with Gasteiger partial charge in [-0.15, -0.1) is 6.58 Å². The SMILES string of the molecule is C=CCN(CC(=O)O)Cc1cncn1C. The standard InChI is InChI=1S/C10H15N3O2/c1-3-4-13(7-10(14)15)6-9-5-11-8-12(9)2/h3,5,8H,1,4,6-7H2,2H3,(H,14,15). The normalized spacial score (nSPS) is 10.5. The van der Waals surface area contributed by atoms with Gasteiger partial charge in [0.05, 0.1) is 18.6 Å². The Morgan fingerprint density at radius 1 is 1.80 bits per heavy atom. The molecule has 0 saturated heterocycles. The van der Waals surface area contributed by atoms with Crippen LogP contribution in [0, 0.1) is 0 Å². The van der Waals surface area contributed by atoms with Crippen molar-refractivity contribution in [3.63, 3.8) is 0 Å². The fraction of sp³-hybridized carbons (Fsp3) is 0.400. The van der Waals surface area contributed by atoms with E-state index < -0.39 is 5.97 Å². The molecule has 0 saturated carbocycles. The molecule has 0 unspecified atom stereocenters. The van der Waals surface area contributed by atoms with E-state index in [0.29, 0.717) is 13.1 Å². The van der Waals surface area contributed by atoms with Gasteiger partial charge < -0.3 is 9.67 Å². The lowest BCUT2D eigenvalue weighted by molar-refractivity contribution is -0.138. The molecular formula is C10H15N3O2. The highest BCUT2D eigenvalue weighted by atomic mass is 16.4. The van der Waals surface area contributed by atoms with Gasteiger partial charge in [0, 0.05) is 26.3 Å². The predicted octanol–water partition coefficient (Wildman–Crippen LogP) is 0.493.